The number of hydrogen-bond donors (Lipinski definition) is 0. The topological polar surface area (TPSA) is 29.0 Å². The van der Waals surface area contributed by atoms with Crippen LogP contribution in [0.25, 0.3) is 86.8 Å². The van der Waals surface area contributed by atoms with E-state index in [1.165, 1.54) is 41.8 Å². The molecule has 5 heteroatoms. The molecule has 0 spiro atoms. The standard InChI is InChI=1S/C60H41N3S2/c1-5-13-44(14-6-1)54-41-55(62-60(61-54)50-19-11-4-12-20-50)45-23-21-42(22-24-45)43-25-31-51(32-26-43)63(52-33-27-48(28-34-52)58-39-37-56(64-58)46-15-7-2-8-16-46)53-35-29-49(30-36-53)59-40-38-57(65-59)47-17-9-3-10-18-47/h1-41H. The van der Waals surface area contributed by atoms with Crippen LogP contribution in [0, 0.1) is 0 Å². The first-order valence-corrected chi connectivity index (χ1v) is 23.3. The number of aromatic nitrogens is 2. The summed E-state index contributed by atoms with van der Waals surface area (Å²) >= 11 is 3.65. The van der Waals surface area contributed by atoms with Crippen LogP contribution in [0.3, 0.4) is 0 Å². The fraction of sp³-hybridized carbons (Fsp3) is 0. The Morgan fingerprint density at radius 2 is 0.523 bits per heavy atom. The highest BCUT2D eigenvalue weighted by atomic mass is 32.1. The number of benzene rings is 8. The lowest BCUT2D eigenvalue weighted by Gasteiger charge is -2.26. The lowest BCUT2D eigenvalue weighted by Crippen LogP contribution is -2.09. The SMILES string of the molecule is c1ccc(-c2cc(-c3ccc(-c4ccc(N(c5ccc(-c6ccc(-c7ccccc7)s6)cc5)c5ccc(-c6ccc(-c7ccccc7)s6)cc5)cc4)cc3)nc(-c3ccccc3)n2)cc1. The zero-order valence-electron chi connectivity index (χ0n) is 35.3. The Labute approximate surface area is 387 Å². The van der Waals surface area contributed by atoms with Crippen molar-refractivity contribution in [2.75, 3.05) is 4.90 Å². The Kier molecular flexibility index (Phi) is 11.1. The van der Waals surface area contributed by atoms with Crippen molar-refractivity contribution < 1.29 is 0 Å². The monoisotopic (exact) mass is 867 g/mol. The number of hydrogen-bond acceptors (Lipinski definition) is 5. The van der Waals surface area contributed by atoms with Gasteiger partial charge in [-0.15, -0.1) is 22.7 Å². The highest BCUT2D eigenvalue weighted by molar-refractivity contribution is 7.19. The average molecular weight is 868 g/mol. The quantitative estimate of drug-likeness (QED) is 0.130. The first-order valence-electron chi connectivity index (χ1n) is 21.7. The van der Waals surface area contributed by atoms with Gasteiger partial charge in [0.2, 0.25) is 0 Å². The summed E-state index contributed by atoms with van der Waals surface area (Å²) < 4.78 is 0. The Hall–Kier alpha value is -7.96. The summed E-state index contributed by atoms with van der Waals surface area (Å²) in [6.07, 6.45) is 0. The van der Waals surface area contributed by atoms with E-state index in [1.807, 2.05) is 59.1 Å². The van der Waals surface area contributed by atoms with Gasteiger partial charge in [-0.05, 0) is 100 Å². The van der Waals surface area contributed by atoms with Crippen LogP contribution in [-0.2, 0) is 0 Å². The van der Waals surface area contributed by atoms with Gasteiger partial charge in [0.1, 0.15) is 0 Å². The van der Waals surface area contributed by atoms with Crippen LogP contribution in [-0.4, -0.2) is 9.97 Å². The highest BCUT2D eigenvalue weighted by Gasteiger charge is 2.16. The molecule has 0 aliphatic heterocycles. The van der Waals surface area contributed by atoms with Crippen LogP contribution in [0.4, 0.5) is 17.1 Å². The molecular formula is C60H41N3S2. The lowest BCUT2D eigenvalue weighted by atomic mass is 10.0. The fourth-order valence-corrected chi connectivity index (χ4v) is 10.2. The predicted molar refractivity (Wildman–Crippen MR) is 276 cm³/mol. The van der Waals surface area contributed by atoms with Crippen molar-refractivity contribution in [2.45, 2.75) is 0 Å². The van der Waals surface area contributed by atoms with Gasteiger partial charge in [0, 0.05) is 53.3 Å². The Balaban J connectivity index is 0.899. The van der Waals surface area contributed by atoms with E-state index in [0.29, 0.717) is 5.82 Å². The number of rotatable bonds is 11. The van der Waals surface area contributed by atoms with Crippen molar-refractivity contribution in [3.63, 3.8) is 0 Å². The van der Waals surface area contributed by atoms with Gasteiger partial charge >= 0.3 is 0 Å². The van der Waals surface area contributed by atoms with E-state index in [9.17, 15) is 0 Å². The molecule has 8 aromatic carbocycles. The minimum absolute atomic E-state index is 0.711. The molecule has 308 valence electrons. The molecule has 0 unspecified atom stereocenters. The summed E-state index contributed by atoms with van der Waals surface area (Å²) in [4.78, 5) is 17.4. The molecule has 3 aromatic heterocycles. The van der Waals surface area contributed by atoms with Crippen molar-refractivity contribution in [3.8, 4) is 86.8 Å². The van der Waals surface area contributed by atoms with Crippen molar-refractivity contribution in [1.29, 1.82) is 0 Å². The molecule has 11 rings (SSSR count). The highest BCUT2D eigenvalue weighted by Crippen LogP contribution is 2.41. The van der Waals surface area contributed by atoms with E-state index in [0.717, 1.165) is 56.3 Å². The molecule has 0 N–H and O–H groups in total. The number of anilines is 3. The maximum Gasteiger partial charge on any atom is 0.160 e. The van der Waals surface area contributed by atoms with Crippen molar-refractivity contribution in [3.05, 3.63) is 249 Å². The van der Waals surface area contributed by atoms with E-state index < -0.39 is 0 Å². The third-order valence-electron chi connectivity index (χ3n) is 11.6. The van der Waals surface area contributed by atoms with Crippen LogP contribution in [0.15, 0.2) is 249 Å². The molecule has 0 saturated heterocycles. The molecular weight excluding hydrogens is 827 g/mol. The molecule has 0 aliphatic rings. The average Bonchev–Trinajstić information content (AvgIpc) is 4.10. The largest absolute Gasteiger partial charge is 0.311 e. The first-order chi connectivity index (χ1) is 32.2. The van der Waals surface area contributed by atoms with Crippen molar-refractivity contribution in [2.24, 2.45) is 0 Å². The van der Waals surface area contributed by atoms with Crippen molar-refractivity contribution >= 4 is 39.7 Å². The zero-order valence-corrected chi connectivity index (χ0v) is 37.0. The molecule has 0 aliphatic carbocycles. The Bertz CT molecular complexity index is 3130. The van der Waals surface area contributed by atoms with E-state index >= 15 is 0 Å². The van der Waals surface area contributed by atoms with Gasteiger partial charge in [0.25, 0.3) is 0 Å². The zero-order chi connectivity index (χ0) is 43.4. The molecule has 0 fully saturated rings. The van der Waals surface area contributed by atoms with E-state index in [2.05, 4.69) is 217 Å². The normalized spacial score (nSPS) is 11.1. The third-order valence-corrected chi connectivity index (χ3v) is 14.0. The molecule has 0 bridgehead atoms. The molecule has 0 saturated carbocycles. The smallest absolute Gasteiger partial charge is 0.160 e. The number of thiophene rings is 2. The molecule has 11 aromatic rings. The van der Waals surface area contributed by atoms with E-state index in [-0.39, 0.29) is 0 Å². The predicted octanol–water partition coefficient (Wildman–Crippen LogP) is 17.4. The molecule has 3 nitrogen and oxygen atoms in total. The van der Waals surface area contributed by atoms with Crippen LogP contribution in [0.2, 0.25) is 0 Å². The second-order valence-corrected chi connectivity index (χ2v) is 18.0. The molecule has 3 heterocycles. The van der Waals surface area contributed by atoms with Gasteiger partial charge in [0.05, 0.1) is 11.4 Å². The second kappa shape index (κ2) is 18.0. The van der Waals surface area contributed by atoms with Gasteiger partial charge in [-0.2, -0.15) is 0 Å². The summed E-state index contributed by atoms with van der Waals surface area (Å²) in [5.41, 5.74) is 15.3. The maximum absolute atomic E-state index is 5.05. The second-order valence-electron chi connectivity index (χ2n) is 15.8. The van der Waals surface area contributed by atoms with Crippen LogP contribution >= 0.6 is 22.7 Å². The first kappa shape index (κ1) is 39.9. The summed E-state index contributed by atoms with van der Waals surface area (Å²) in [6.45, 7) is 0. The maximum atomic E-state index is 5.05. The molecule has 0 radical (unpaired) electrons. The fourth-order valence-electron chi connectivity index (χ4n) is 8.20. The van der Waals surface area contributed by atoms with Gasteiger partial charge in [-0.1, -0.05) is 182 Å². The van der Waals surface area contributed by atoms with Gasteiger partial charge in [-0.25, -0.2) is 9.97 Å². The van der Waals surface area contributed by atoms with Crippen LogP contribution < -0.4 is 4.90 Å². The summed E-state index contributed by atoms with van der Waals surface area (Å²) in [7, 11) is 0. The summed E-state index contributed by atoms with van der Waals surface area (Å²) in [6, 6.07) is 88.2. The van der Waals surface area contributed by atoms with E-state index in [4.69, 9.17) is 9.97 Å². The minimum Gasteiger partial charge on any atom is -0.311 e. The van der Waals surface area contributed by atoms with Gasteiger partial charge in [0.15, 0.2) is 5.82 Å². The van der Waals surface area contributed by atoms with Crippen LogP contribution in [0.1, 0.15) is 0 Å². The molecule has 0 amide bonds. The molecule has 0 atom stereocenters. The summed E-state index contributed by atoms with van der Waals surface area (Å²) in [5, 5.41) is 0. The third kappa shape index (κ3) is 8.59. The van der Waals surface area contributed by atoms with Gasteiger partial charge < -0.3 is 4.90 Å². The summed E-state index contributed by atoms with van der Waals surface area (Å²) in [5.74, 6) is 0.711. The molecule has 65 heavy (non-hydrogen) atoms. The van der Waals surface area contributed by atoms with Crippen LogP contribution in [0.5, 0.6) is 0 Å². The van der Waals surface area contributed by atoms with Crippen molar-refractivity contribution in [1.82, 2.24) is 9.97 Å². The lowest BCUT2D eigenvalue weighted by molar-refractivity contribution is 1.18. The van der Waals surface area contributed by atoms with Gasteiger partial charge in [-0.3, -0.25) is 0 Å². The minimum atomic E-state index is 0.711. The Morgan fingerprint density at radius 3 is 0.908 bits per heavy atom. The number of nitrogens with zero attached hydrogens (tertiary/aromatic N) is 3. The van der Waals surface area contributed by atoms with E-state index in [1.54, 1.807) is 0 Å². The Morgan fingerprint density at radius 1 is 0.246 bits per heavy atom.